The Hall–Kier alpha value is -1.07. The van der Waals surface area contributed by atoms with E-state index in [1.54, 1.807) is 18.2 Å². The number of rotatable bonds is 6. The van der Waals surface area contributed by atoms with Gasteiger partial charge in [0.25, 0.3) is 0 Å². The molecule has 112 valence electrons. The zero-order valence-corrected chi connectivity index (χ0v) is 13.6. The molecule has 6 heteroatoms. The molecular formula is C14H21ClN2O2S. The van der Waals surface area contributed by atoms with Crippen LogP contribution in [0.15, 0.2) is 18.2 Å². The van der Waals surface area contributed by atoms with Crippen molar-refractivity contribution in [3.8, 4) is 0 Å². The highest BCUT2D eigenvalue weighted by atomic mass is 35.5. The normalized spacial score (nSPS) is 14.1. The van der Waals surface area contributed by atoms with Gasteiger partial charge in [0.15, 0.2) is 0 Å². The van der Waals surface area contributed by atoms with Gasteiger partial charge in [-0.3, -0.25) is 9.00 Å². The summed E-state index contributed by atoms with van der Waals surface area (Å²) in [5.74, 6) is 0.483. The molecule has 4 nitrogen and oxygen atoms in total. The number of nitrogens with two attached hydrogens (primary N) is 1. The predicted molar refractivity (Wildman–Crippen MR) is 86.4 cm³/mol. The molecular weight excluding hydrogens is 296 g/mol. The number of amides is 1. The zero-order chi connectivity index (χ0) is 15.3. The van der Waals surface area contributed by atoms with Gasteiger partial charge in [-0.1, -0.05) is 32.4 Å². The number of benzene rings is 1. The first kappa shape index (κ1) is 17.0. The minimum atomic E-state index is -1.00. The maximum Gasteiger partial charge on any atom is 0.225 e. The fourth-order valence-electron chi connectivity index (χ4n) is 1.53. The smallest absolute Gasteiger partial charge is 0.225 e. The summed E-state index contributed by atoms with van der Waals surface area (Å²) < 4.78 is 11.9. The predicted octanol–water partition coefficient (Wildman–Crippen LogP) is 3.04. The SMILES string of the molecule is CC(C)C(C)S(=O)CCC(=O)Nc1cc(Cl)ccc1N. The van der Waals surface area contributed by atoms with Crippen molar-refractivity contribution in [2.24, 2.45) is 5.92 Å². The van der Waals surface area contributed by atoms with Crippen LogP contribution in [0.2, 0.25) is 5.02 Å². The summed E-state index contributed by atoms with van der Waals surface area (Å²) >= 11 is 5.85. The summed E-state index contributed by atoms with van der Waals surface area (Å²) in [4.78, 5) is 11.8. The van der Waals surface area contributed by atoms with Crippen LogP contribution in [0.25, 0.3) is 0 Å². The minimum Gasteiger partial charge on any atom is -0.397 e. The summed E-state index contributed by atoms with van der Waals surface area (Å²) in [7, 11) is -1.00. The molecule has 0 radical (unpaired) electrons. The Morgan fingerprint density at radius 2 is 2.05 bits per heavy atom. The highest BCUT2D eigenvalue weighted by molar-refractivity contribution is 7.85. The molecule has 0 aliphatic heterocycles. The number of anilines is 2. The van der Waals surface area contributed by atoms with Crippen LogP contribution >= 0.6 is 11.6 Å². The van der Waals surface area contributed by atoms with Crippen LogP contribution in [-0.2, 0) is 15.6 Å². The Morgan fingerprint density at radius 3 is 2.65 bits per heavy atom. The van der Waals surface area contributed by atoms with E-state index in [4.69, 9.17) is 17.3 Å². The number of hydrogen-bond donors (Lipinski definition) is 2. The third-order valence-electron chi connectivity index (χ3n) is 3.17. The molecule has 0 aromatic heterocycles. The molecule has 20 heavy (non-hydrogen) atoms. The molecule has 1 aromatic rings. The molecule has 0 aliphatic rings. The van der Waals surface area contributed by atoms with Crippen LogP contribution < -0.4 is 11.1 Å². The van der Waals surface area contributed by atoms with Crippen molar-refractivity contribution in [3.05, 3.63) is 23.2 Å². The molecule has 0 fully saturated rings. The van der Waals surface area contributed by atoms with Crippen LogP contribution in [-0.4, -0.2) is 21.1 Å². The Labute approximate surface area is 127 Å². The highest BCUT2D eigenvalue weighted by Gasteiger charge is 2.16. The largest absolute Gasteiger partial charge is 0.397 e. The third-order valence-corrected chi connectivity index (χ3v) is 5.39. The monoisotopic (exact) mass is 316 g/mol. The summed E-state index contributed by atoms with van der Waals surface area (Å²) in [6.45, 7) is 5.98. The van der Waals surface area contributed by atoms with Gasteiger partial charge < -0.3 is 11.1 Å². The van der Waals surface area contributed by atoms with Gasteiger partial charge >= 0.3 is 0 Å². The standard InChI is InChI=1S/C14H21ClN2O2S/c1-9(2)10(3)20(19)7-6-14(18)17-13-8-11(15)4-5-12(13)16/h4-5,8-10H,6-7,16H2,1-3H3,(H,17,18). The van der Waals surface area contributed by atoms with E-state index in [0.29, 0.717) is 28.1 Å². The Balaban J connectivity index is 2.52. The quantitative estimate of drug-likeness (QED) is 0.792. The van der Waals surface area contributed by atoms with Gasteiger partial charge in [0.2, 0.25) is 5.91 Å². The van der Waals surface area contributed by atoms with Gasteiger partial charge in [0.05, 0.1) is 11.4 Å². The van der Waals surface area contributed by atoms with Gasteiger partial charge in [0, 0.05) is 33.2 Å². The van der Waals surface area contributed by atoms with E-state index in [1.807, 2.05) is 20.8 Å². The molecule has 2 atom stereocenters. The number of nitrogen functional groups attached to an aromatic ring is 1. The second-order valence-electron chi connectivity index (χ2n) is 5.06. The van der Waals surface area contributed by atoms with Gasteiger partial charge in [0.1, 0.15) is 0 Å². The number of halogens is 1. The van der Waals surface area contributed by atoms with E-state index in [-0.39, 0.29) is 17.6 Å². The van der Waals surface area contributed by atoms with E-state index in [2.05, 4.69) is 5.32 Å². The van der Waals surface area contributed by atoms with Crippen molar-refractivity contribution in [2.75, 3.05) is 16.8 Å². The summed E-state index contributed by atoms with van der Waals surface area (Å²) in [6.07, 6.45) is 0.204. The van der Waals surface area contributed by atoms with Crippen LogP contribution in [0.4, 0.5) is 11.4 Å². The van der Waals surface area contributed by atoms with Crippen molar-refractivity contribution in [1.82, 2.24) is 0 Å². The zero-order valence-electron chi connectivity index (χ0n) is 12.0. The second-order valence-corrected chi connectivity index (χ2v) is 7.41. The van der Waals surface area contributed by atoms with E-state index < -0.39 is 10.8 Å². The summed E-state index contributed by atoms with van der Waals surface area (Å²) in [6, 6.07) is 4.89. The first-order chi connectivity index (χ1) is 9.31. The maximum absolute atomic E-state index is 11.9. The number of carbonyl (C=O) groups is 1. The van der Waals surface area contributed by atoms with E-state index in [1.165, 1.54) is 0 Å². The van der Waals surface area contributed by atoms with Crippen molar-refractivity contribution in [3.63, 3.8) is 0 Å². The molecule has 3 N–H and O–H groups in total. The summed E-state index contributed by atoms with van der Waals surface area (Å²) in [5, 5.41) is 3.28. The fraction of sp³-hybridized carbons (Fsp3) is 0.500. The van der Waals surface area contributed by atoms with Crippen LogP contribution in [0.3, 0.4) is 0 Å². The first-order valence-corrected chi connectivity index (χ1v) is 8.29. The highest BCUT2D eigenvalue weighted by Crippen LogP contribution is 2.23. The lowest BCUT2D eigenvalue weighted by atomic mass is 10.2. The molecule has 0 bridgehead atoms. The molecule has 0 saturated carbocycles. The van der Waals surface area contributed by atoms with Gasteiger partial charge in [-0.25, -0.2) is 0 Å². The molecule has 0 spiro atoms. The van der Waals surface area contributed by atoms with Crippen molar-refractivity contribution in [1.29, 1.82) is 0 Å². The van der Waals surface area contributed by atoms with Gasteiger partial charge in [-0.15, -0.1) is 0 Å². The molecule has 0 saturated heterocycles. The van der Waals surface area contributed by atoms with Crippen molar-refractivity contribution in [2.45, 2.75) is 32.4 Å². The Morgan fingerprint density at radius 1 is 1.40 bits per heavy atom. The lowest BCUT2D eigenvalue weighted by molar-refractivity contribution is -0.115. The van der Waals surface area contributed by atoms with E-state index >= 15 is 0 Å². The molecule has 0 heterocycles. The van der Waals surface area contributed by atoms with E-state index in [9.17, 15) is 9.00 Å². The Bertz CT molecular complexity index is 506. The van der Waals surface area contributed by atoms with Crippen LogP contribution in [0.5, 0.6) is 0 Å². The second kappa shape index (κ2) is 7.64. The number of hydrogen-bond acceptors (Lipinski definition) is 3. The third kappa shape index (κ3) is 5.13. The lowest BCUT2D eigenvalue weighted by Gasteiger charge is -2.15. The average molecular weight is 317 g/mol. The van der Waals surface area contributed by atoms with Crippen LogP contribution in [0, 0.1) is 5.92 Å². The van der Waals surface area contributed by atoms with Crippen LogP contribution in [0.1, 0.15) is 27.2 Å². The van der Waals surface area contributed by atoms with Crippen molar-refractivity contribution < 1.29 is 9.00 Å². The molecule has 1 amide bonds. The van der Waals surface area contributed by atoms with Gasteiger partial charge in [-0.05, 0) is 24.1 Å². The average Bonchev–Trinajstić information content (AvgIpc) is 2.39. The minimum absolute atomic E-state index is 0.0824. The maximum atomic E-state index is 11.9. The first-order valence-electron chi connectivity index (χ1n) is 6.53. The molecule has 1 rings (SSSR count). The number of carbonyl (C=O) groups excluding carboxylic acids is 1. The molecule has 1 aromatic carbocycles. The van der Waals surface area contributed by atoms with E-state index in [0.717, 1.165) is 0 Å². The molecule has 0 aliphatic carbocycles. The topological polar surface area (TPSA) is 72.2 Å². The number of nitrogens with one attached hydrogen (secondary N) is 1. The van der Waals surface area contributed by atoms with Crippen molar-refractivity contribution >= 4 is 39.7 Å². The lowest BCUT2D eigenvalue weighted by Crippen LogP contribution is -2.23. The Kier molecular flexibility index (Phi) is 6.49. The summed E-state index contributed by atoms with van der Waals surface area (Å²) in [5.41, 5.74) is 6.70. The molecule has 2 unspecified atom stereocenters. The van der Waals surface area contributed by atoms with Gasteiger partial charge in [-0.2, -0.15) is 0 Å². The fourth-order valence-corrected chi connectivity index (χ4v) is 3.07.